The zero-order valence-corrected chi connectivity index (χ0v) is 21.4. The smallest absolute Gasteiger partial charge is 0.0561 e. The molecular weight excluding hydrogens is 474 g/mol. The summed E-state index contributed by atoms with van der Waals surface area (Å²) >= 11 is 0. The maximum Gasteiger partial charge on any atom is 0.0561 e. The minimum absolute atomic E-state index is 0.738. The first-order valence-corrected chi connectivity index (χ1v) is 13.2. The molecular formula is C36H27N3. The van der Waals surface area contributed by atoms with Crippen LogP contribution in [0.3, 0.4) is 0 Å². The predicted octanol–water partition coefficient (Wildman–Crippen LogP) is 9.50. The molecule has 0 atom stereocenters. The van der Waals surface area contributed by atoms with E-state index in [4.69, 9.17) is 5.73 Å². The fraction of sp³-hybridized carbons (Fsp3) is 0. The van der Waals surface area contributed by atoms with Gasteiger partial charge in [0, 0.05) is 39.2 Å². The summed E-state index contributed by atoms with van der Waals surface area (Å²) in [6.45, 7) is 0. The van der Waals surface area contributed by atoms with E-state index in [1.807, 2.05) is 24.3 Å². The van der Waals surface area contributed by atoms with E-state index in [2.05, 4.69) is 137 Å². The van der Waals surface area contributed by atoms with Crippen molar-refractivity contribution in [2.45, 2.75) is 0 Å². The summed E-state index contributed by atoms with van der Waals surface area (Å²) in [6, 6.07) is 53.2. The van der Waals surface area contributed by atoms with Gasteiger partial charge in [-0.05, 0) is 71.8 Å². The van der Waals surface area contributed by atoms with Crippen molar-refractivity contribution in [3.63, 3.8) is 0 Å². The van der Waals surface area contributed by atoms with Crippen LogP contribution in [0.5, 0.6) is 0 Å². The highest BCUT2D eigenvalue weighted by atomic mass is 15.1. The Morgan fingerprint density at radius 1 is 0.436 bits per heavy atom. The SMILES string of the molecule is Nc1cccc(N(c2ccccc2)c2ccc3c4ccccc4n(-c4ccc(-c5ccccc5)cc4)c3c2)c1. The van der Waals surface area contributed by atoms with Gasteiger partial charge in [-0.25, -0.2) is 0 Å². The number of hydrogen-bond donors (Lipinski definition) is 1. The third kappa shape index (κ3) is 4.11. The molecule has 7 rings (SSSR count). The van der Waals surface area contributed by atoms with Gasteiger partial charge in [-0.15, -0.1) is 0 Å². The highest BCUT2D eigenvalue weighted by Crippen LogP contribution is 2.40. The number of anilines is 4. The number of nitrogens with zero attached hydrogens (tertiary/aromatic N) is 2. The van der Waals surface area contributed by atoms with E-state index in [0.717, 1.165) is 34.0 Å². The number of aromatic nitrogens is 1. The quantitative estimate of drug-likeness (QED) is 0.238. The molecule has 0 saturated carbocycles. The molecule has 39 heavy (non-hydrogen) atoms. The van der Waals surface area contributed by atoms with Gasteiger partial charge in [-0.3, -0.25) is 0 Å². The van der Waals surface area contributed by atoms with Gasteiger partial charge in [0.15, 0.2) is 0 Å². The van der Waals surface area contributed by atoms with E-state index in [9.17, 15) is 0 Å². The predicted molar refractivity (Wildman–Crippen MR) is 165 cm³/mol. The summed E-state index contributed by atoms with van der Waals surface area (Å²) in [7, 11) is 0. The van der Waals surface area contributed by atoms with Crippen LogP contribution in [0, 0.1) is 0 Å². The van der Waals surface area contributed by atoms with Crippen LogP contribution in [0.4, 0.5) is 22.7 Å². The monoisotopic (exact) mass is 501 g/mol. The van der Waals surface area contributed by atoms with Gasteiger partial charge in [0.05, 0.1) is 11.0 Å². The molecule has 0 unspecified atom stereocenters. The summed E-state index contributed by atoms with van der Waals surface area (Å²) in [6.07, 6.45) is 0. The second-order valence-corrected chi connectivity index (χ2v) is 9.73. The molecule has 3 heteroatoms. The molecule has 1 heterocycles. The minimum atomic E-state index is 0.738. The minimum Gasteiger partial charge on any atom is -0.399 e. The second-order valence-electron chi connectivity index (χ2n) is 9.73. The van der Waals surface area contributed by atoms with Gasteiger partial charge in [0.2, 0.25) is 0 Å². The van der Waals surface area contributed by atoms with Gasteiger partial charge < -0.3 is 15.2 Å². The molecule has 1 aromatic heterocycles. The van der Waals surface area contributed by atoms with Gasteiger partial charge in [-0.1, -0.05) is 91.0 Å². The number of nitrogens with two attached hydrogens (primary N) is 1. The number of rotatable bonds is 5. The van der Waals surface area contributed by atoms with E-state index in [1.165, 1.54) is 27.4 Å². The zero-order valence-electron chi connectivity index (χ0n) is 21.4. The van der Waals surface area contributed by atoms with Crippen LogP contribution >= 0.6 is 0 Å². The first-order valence-electron chi connectivity index (χ1n) is 13.2. The Morgan fingerprint density at radius 3 is 1.82 bits per heavy atom. The van der Waals surface area contributed by atoms with Crippen molar-refractivity contribution < 1.29 is 0 Å². The number of fused-ring (bicyclic) bond motifs is 3. The normalized spacial score (nSPS) is 11.2. The standard InChI is InChI=1S/C36H27N3/c37-28-12-9-15-31(24-28)38(29-13-5-2-6-14-29)32-22-23-34-33-16-7-8-17-35(33)39(36(34)25-32)30-20-18-27(19-21-30)26-10-3-1-4-11-26/h1-25H,37H2. The van der Waals surface area contributed by atoms with Crippen LogP contribution < -0.4 is 10.6 Å². The summed E-state index contributed by atoms with van der Waals surface area (Å²) in [4.78, 5) is 2.26. The molecule has 0 radical (unpaired) electrons. The summed E-state index contributed by atoms with van der Waals surface area (Å²) in [5.41, 5.74) is 16.0. The highest BCUT2D eigenvalue weighted by Gasteiger charge is 2.17. The Morgan fingerprint density at radius 2 is 1.05 bits per heavy atom. The van der Waals surface area contributed by atoms with Crippen molar-refractivity contribution in [2.24, 2.45) is 0 Å². The van der Waals surface area contributed by atoms with Crippen LogP contribution in [0.1, 0.15) is 0 Å². The van der Waals surface area contributed by atoms with E-state index >= 15 is 0 Å². The van der Waals surface area contributed by atoms with Gasteiger partial charge in [0.25, 0.3) is 0 Å². The Balaban J connectivity index is 1.44. The molecule has 0 spiro atoms. The van der Waals surface area contributed by atoms with Crippen LogP contribution in [-0.4, -0.2) is 4.57 Å². The number of nitrogen functional groups attached to an aromatic ring is 1. The second kappa shape index (κ2) is 9.55. The molecule has 0 bridgehead atoms. The molecule has 3 nitrogen and oxygen atoms in total. The zero-order chi connectivity index (χ0) is 26.2. The van der Waals surface area contributed by atoms with Crippen LogP contribution in [0.15, 0.2) is 152 Å². The van der Waals surface area contributed by atoms with Crippen molar-refractivity contribution in [1.82, 2.24) is 4.57 Å². The van der Waals surface area contributed by atoms with E-state index in [-0.39, 0.29) is 0 Å². The molecule has 0 saturated heterocycles. The largest absolute Gasteiger partial charge is 0.399 e. The number of para-hydroxylation sites is 2. The van der Waals surface area contributed by atoms with E-state index < -0.39 is 0 Å². The Kier molecular flexibility index (Phi) is 5.60. The average molecular weight is 502 g/mol. The van der Waals surface area contributed by atoms with E-state index in [1.54, 1.807) is 0 Å². The van der Waals surface area contributed by atoms with Gasteiger partial charge in [0.1, 0.15) is 0 Å². The summed E-state index contributed by atoms with van der Waals surface area (Å²) < 4.78 is 2.37. The van der Waals surface area contributed by atoms with Crippen molar-refractivity contribution in [3.8, 4) is 16.8 Å². The maximum absolute atomic E-state index is 6.22. The third-order valence-corrected chi connectivity index (χ3v) is 7.29. The molecule has 0 amide bonds. The van der Waals surface area contributed by atoms with Crippen LogP contribution in [-0.2, 0) is 0 Å². The molecule has 186 valence electrons. The van der Waals surface area contributed by atoms with Crippen molar-refractivity contribution in [1.29, 1.82) is 0 Å². The molecule has 0 aliphatic rings. The lowest BCUT2D eigenvalue weighted by molar-refractivity contribution is 1.18. The molecule has 2 N–H and O–H groups in total. The van der Waals surface area contributed by atoms with Gasteiger partial charge >= 0.3 is 0 Å². The molecule has 7 aromatic rings. The third-order valence-electron chi connectivity index (χ3n) is 7.29. The van der Waals surface area contributed by atoms with Crippen LogP contribution in [0.25, 0.3) is 38.6 Å². The lowest BCUT2D eigenvalue weighted by atomic mass is 10.1. The topological polar surface area (TPSA) is 34.2 Å². The Hall–Kier alpha value is -5.28. The lowest BCUT2D eigenvalue weighted by Gasteiger charge is -2.26. The summed E-state index contributed by atoms with van der Waals surface area (Å²) in [5, 5.41) is 2.46. The number of hydrogen-bond acceptors (Lipinski definition) is 2. The number of benzene rings is 6. The molecule has 0 fully saturated rings. The van der Waals surface area contributed by atoms with Crippen molar-refractivity contribution in [3.05, 3.63) is 152 Å². The lowest BCUT2D eigenvalue weighted by Crippen LogP contribution is -2.10. The highest BCUT2D eigenvalue weighted by molar-refractivity contribution is 6.10. The fourth-order valence-electron chi connectivity index (χ4n) is 5.50. The molecule has 0 aliphatic heterocycles. The first kappa shape index (κ1) is 22.9. The maximum atomic E-state index is 6.22. The van der Waals surface area contributed by atoms with E-state index in [0.29, 0.717) is 0 Å². The van der Waals surface area contributed by atoms with Gasteiger partial charge in [-0.2, -0.15) is 0 Å². The Bertz CT molecular complexity index is 1900. The van der Waals surface area contributed by atoms with Crippen LogP contribution in [0.2, 0.25) is 0 Å². The molecule has 6 aromatic carbocycles. The van der Waals surface area contributed by atoms with Crippen molar-refractivity contribution in [2.75, 3.05) is 10.6 Å². The average Bonchev–Trinajstić information content (AvgIpc) is 3.32. The Labute approximate surface area is 228 Å². The molecule has 0 aliphatic carbocycles. The van der Waals surface area contributed by atoms with Crippen molar-refractivity contribution >= 4 is 44.6 Å². The fourth-order valence-corrected chi connectivity index (χ4v) is 5.50. The summed E-state index contributed by atoms with van der Waals surface area (Å²) in [5.74, 6) is 0. The first-order chi connectivity index (χ1) is 19.3.